The molecule has 0 unspecified atom stereocenters. The Balaban J connectivity index is 2.34. The quantitative estimate of drug-likeness (QED) is 0.831. The maximum Gasteiger partial charge on any atom is 0.338 e. The maximum absolute atomic E-state index is 11.7. The smallest absolute Gasteiger partial charge is 0.338 e. The van der Waals surface area contributed by atoms with Gasteiger partial charge in [-0.2, -0.15) is 0 Å². The van der Waals surface area contributed by atoms with Gasteiger partial charge in [0.15, 0.2) is 0 Å². The Morgan fingerprint density at radius 2 is 2.10 bits per heavy atom. The topological polar surface area (TPSA) is 40.5 Å². The molecule has 21 heavy (non-hydrogen) atoms. The van der Waals surface area contributed by atoms with E-state index in [1.165, 1.54) is 6.42 Å². The Bertz CT molecular complexity index is 514. The zero-order valence-electron chi connectivity index (χ0n) is 13.2. The van der Waals surface area contributed by atoms with Crippen LogP contribution in [-0.2, 0) is 0 Å². The van der Waals surface area contributed by atoms with Gasteiger partial charge in [-0.25, -0.2) is 4.79 Å². The number of nitrogens with zero attached hydrogens (tertiary/aromatic N) is 1. The van der Waals surface area contributed by atoms with Crippen LogP contribution in [0.25, 0.3) is 0 Å². The number of carboxylic acid groups (broad SMARTS) is 1. The first-order chi connectivity index (χ1) is 9.94. The van der Waals surface area contributed by atoms with Crippen molar-refractivity contribution in [3.63, 3.8) is 0 Å². The maximum atomic E-state index is 11.7. The molecule has 0 atom stereocenters. The molecule has 0 radical (unpaired) electrons. The molecule has 0 amide bonds. The van der Waals surface area contributed by atoms with Crippen molar-refractivity contribution in [2.75, 3.05) is 23.7 Å². The van der Waals surface area contributed by atoms with Crippen molar-refractivity contribution in [3.05, 3.63) is 23.8 Å². The van der Waals surface area contributed by atoms with Crippen LogP contribution in [0.1, 0.15) is 50.4 Å². The number of benzene rings is 1. The number of anilines is 1. The number of carboxylic acids is 1. The van der Waals surface area contributed by atoms with Gasteiger partial charge in [-0.05, 0) is 42.6 Å². The first-order valence-corrected chi connectivity index (χ1v) is 8.67. The molecule has 0 aliphatic carbocycles. The standard InChI is InChI=1S/C17H25NO2S/c1-4-21-14-8-5-7-13(15(14)16(19)20)18-11-6-9-17(2,3)10-12-18/h5,7-8H,4,6,9-12H2,1-3H3,(H,19,20). The molecule has 1 saturated heterocycles. The molecule has 116 valence electrons. The lowest BCUT2D eigenvalue weighted by atomic mass is 9.85. The van der Waals surface area contributed by atoms with Gasteiger partial charge in [-0.1, -0.05) is 26.8 Å². The van der Waals surface area contributed by atoms with Crippen LogP contribution in [0.2, 0.25) is 0 Å². The molecule has 1 aliphatic rings. The number of thioether (sulfide) groups is 1. The summed E-state index contributed by atoms with van der Waals surface area (Å²) in [6.45, 7) is 8.55. The first kappa shape index (κ1) is 16.2. The van der Waals surface area contributed by atoms with Crippen molar-refractivity contribution < 1.29 is 9.90 Å². The summed E-state index contributed by atoms with van der Waals surface area (Å²) in [5.74, 6) is 0.0709. The van der Waals surface area contributed by atoms with Crippen molar-refractivity contribution in [2.24, 2.45) is 5.41 Å². The Morgan fingerprint density at radius 3 is 2.76 bits per heavy atom. The molecule has 1 fully saturated rings. The minimum absolute atomic E-state index is 0.355. The van der Waals surface area contributed by atoms with Crippen LogP contribution in [0.4, 0.5) is 5.69 Å². The van der Waals surface area contributed by atoms with Crippen LogP contribution < -0.4 is 4.90 Å². The Hall–Kier alpha value is -1.16. The van der Waals surface area contributed by atoms with Crippen molar-refractivity contribution >= 4 is 23.4 Å². The highest BCUT2D eigenvalue weighted by molar-refractivity contribution is 7.99. The fourth-order valence-electron chi connectivity index (χ4n) is 2.94. The van der Waals surface area contributed by atoms with Crippen LogP contribution in [-0.4, -0.2) is 29.9 Å². The lowest BCUT2D eigenvalue weighted by Gasteiger charge is -2.26. The highest BCUT2D eigenvalue weighted by Gasteiger charge is 2.26. The van der Waals surface area contributed by atoms with Crippen LogP contribution >= 0.6 is 11.8 Å². The molecule has 1 aromatic carbocycles. The summed E-state index contributed by atoms with van der Waals surface area (Å²) in [5, 5.41) is 9.64. The third-order valence-electron chi connectivity index (χ3n) is 4.20. The normalized spacial score (nSPS) is 18.3. The van der Waals surface area contributed by atoms with Crippen LogP contribution in [0, 0.1) is 5.41 Å². The summed E-state index contributed by atoms with van der Waals surface area (Å²) >= 11 is 1.61. The molecule has 1 aliphatic heterocycles. The van der Waals surface area contributed by atoms with E-state index in [0.717, 1.165) is 42.3 Å². The Labute approximate surface area is 131 Å². The third-order valence-corrected chi connectivity index (χ3v) is 5.14. The van der Waals surface area contributed by atoms with Gasteiger partial charge in [0, 0.05) is 18.0 Å². The van der Waals surface area contributed by atoms with E-state index >= 15 is 0 Å². The van der Waals surface area contributed by atoms with Gasteiger partial charge in [0.2, 0.25) is 0 Å². The average molecular weight is 307 g/mol. The molecule has 2 rings (SSSR count). The van der Waals surface area contributed by atoms with Crippen LogP contribution in [0.5, 0.6) is 0 Å². The number of carbonyl (C=O) groups is 1. The molecular weight excluding hydrogens is 282 g/mol. The van der Waals surface area contributed by atoms with Gasteiger partial charge in [-0.3, -0.25) is 0 Å². The molecule has 4 heteroatoms. The summed E-state index contributed by atoms with van der Waals surface area (Å²) in [6, 6.07) is 5.86. The average Bonchev–Trinajstić information content (AvgIpc) is 2.59. The number of hydrogen-bond donors (Lipinski definition) is 1. The molecule has 0 aromatic heterocycles. The van der Waals surface area contributed by atoms with E-state index in [2.05, 4.69) is 25.7 Å². The molecule has 0 bridgehead atoms. The van der Waals surface area contributed by atoms with Crippen molar-refractivity contribution in [1.82, 2.24) is 0 Å². The molecule has 3 nitrogen and oxygen atoms in total. The Morgan fingerprint density at radius 1 is 1.33 bits per heavy atom. The second-order valence-corrected chi connectivity index (χ2v) is 7.70. The van der Waals surface area contributed by atoms with Gasteiger partial charge in [-0.15, -0.1) is 11.8 Å². The summed E-state index contributed by atoms with van der Waals surface area (Å²) in [5.41, 5.74) is 1.72. The fraction of sp³-hybridized carbons (Fsp3) is 0.588. The van der Waals surface area contributed by atoms with E-state index in [4.69, 9.17) is 0 Å². The molecule has 0 saturated carbocycles. The number of aromatic carboxylic acids is 1. The lowest BCUT2D eigenvalue weighted by molar-refractivity contribution is 0.0694. The summed E-state index contributed by atoms with van der Waals surface area (Å²) in [4.78, 5) is 14.9. The van der Waals surface area contributed by atoms with Crippen LogP contribution in [0.3, 0.4) is 0 Å². The summed E-state index contributed by atoms with van der Waals surface area (Å²) < 4.78 is 0. The predicted molar refractivity (Wildman–Crippen MR) is 89.6 cm³/mol. The fourth-order valence-corrected chi connectivity index (χ4v) is 3.76. The van der Waals surface area contributed by atoms with E-state index in [-0.39, 0.29) is 0 Å². The van der Waals surface area contributed by atoms with Crippen molar-refractivity contribution in [1.29, 1.82) is 0 Å². The zero-order chi connectivity index (χ0) is 15.5. The number of rotatable bonds is 4. The van der Waals surface area contributed by atoms with Crippen LogP contribution in [0.15, 0.2) is 23.1 Å². The van der Waals surface area contributed by atoms with Gasteiger partial charge >= 0.3 is 5.97 Å². The second kappa shape index (κ2) is 6.73. The van der Waals surface area contributed by atoms with E-state index in [1.54, 1.807) is 11.8 Å². The molecule has 0 spiro atoms. The monoisotopic (exact) mass is 307 g/mol. The second-order valence-electron chi connectivity index (χ2n) is 6.39. The third kappa shape index (κ3) is 3.94. The minimum atomic E-state index is -0.815. The van der Waals surface area contributed by atoms with Crippen molar-refractivity contribution in [2.45, 2.75) is 44.9 Å². The highest BCUT2D eigenvalue weighted by Crippen LogP contribution is 2.35. The molecule has 1 N–H and O–H groups in total. The zero-order valence-corrected chi connectivity index (χ0v) is 14.0. The van der Waals surface area contributed by atoms with E-state index in [0.29, 0.717) is 11.0 Å². The minimum Gasteiger partial charge on any atom is -0.478 e. The van der Waals surface area contributed by atoms with Gasteiger partial charge in [0.05, 0.1) is 11.3 Å². The van der Waals surface area contributed by atoms with E-state index < -0.39 is 5.97 Å². The largest absolute Gasteiger partial charge is 0.478 e. The Kier molecular flexibility index (Phi) is 5.20. The first-order valence-electron chi connectivity index (χ1n) is 7.68. The molecular formula is C17H25NO2S. The molecule has 1 aromatic rings. The van der Waals surface area contributed by atoms with Gasteiger partial charge in [0.25, 0.3) is 0 Å². The van der Waals surface area contributed by atoms with Gasteiger partial charge in [0.1, 0.15) is 0 Å². The molecule has 1 heterocycles. The predicted octanol–water partition coefficient (Wildman–Crippen LogP) is 4.51. The van der Waals surface area contributed by atoms with E-state index in [1.807, 2.05) is 18.2 Å². The summed E-state index contributed by atoms with van der Waals surface area (Å²) in [7, 11) is 0. The van der Waals surface area contributed by atoms with Crippen molar-refractivity contribution in [3.8, 4) is 0 Å². The summed E-state index contributed by atoms with van der Waals surface area (Å²) in [6.07, 6.45) is 3.43. The van der Waals surface area contributed by atoms with E-state index in [9.17, 15) is 9.90 Å². The van der Waals surface area contributed by atoms with Gasteiger partial charge < -0.3 is 10.0 Å². The SMILES string of the molecule is CCSc1cccc(N2CCCC(C)(C)CC2)c1C(=O)O. The highest BCUT2D eigenvalue weighted by atomic mass is 32.2. The lowest BCUT2D eigenvalue weighted by Crippen LogP contribution is -2.27. The number of hydrogen-bond acceptors (Lipinski definition) is 3.